The Kier molecular flexibility index (Phi) is 11.9. The number of piperazine rings is 1. The van der Waals surface area contributed by atoms with Gasteiger partial charge in [-0.15, -0.1) is 0 Å². The molecule has 2 amide bonds. The lowest BCUT2D eigenvalue weighted by Gasteiger charge is -2.41. The van der Waals surface area contributed by atoms with Crippen molar-refractivity contribution in [2.75, 3.05) is 39.3 Å². The van der Waals surface area contributed by atoms with Gasteiger partial charge in [0.25, 0.3) is 0 Å². The van der Waals surface area contributed by atoms with Gasteiger partial charge >= 0.3 is 6.18 Å². The van der Waals surface area contributed by atoms with E-state index in [0.29, 0.717) is 35.9 Å². The molecule has 0 saturated carbocycles. The first-order valence-corrected chi connectivity index (χ1v) is 17.2. The number of hydrogen-bond acceptors (Lipinski definition) is 9. The molecule has 4 heterocycles. The third-order valence-electron chi connectivity index (χ3n) is 9.39. The second-order valence-corrected chi connectivity index (χ2v) is 13.3. The largest absolute Gasteiger partial charge is 0.490 e. The van der Waals surface area contributed by atoms with Crippen molar-refractivity contribution in [3.63, 3.8) is 0 Å². The van der Waals surface area contributed by atoms with Gasteiger partial charge in [0.15, 0.2) is 0 Å². The first-order chi connectivity index (χ1) is 25.0. The number of carbonyl (C=O) groups excluding carboxylic acids is 2. The number of aliphatic hydroxyl groups is 2. The minimum absolute atomic E-state index is 0.00249. The van der Waals surface area contributed by atoms with Crippen molar-refractivity contribution in [2.45, 2.75) is 49.9 Å². The van der Waals surface area contributed by atoms with Crippen LogP contribution >= 0.6 is 0 Å². The van der Waals surface area contributed by atoms with Gasteiger partial charge in [-0.1, -0.05) is 48.5 Å². The van der Waals surface area contributed by atoms with E-state index in [9.17, 15) is 33.0 Å². The molecule has 4 N–H and O–H groups in total. The van der Waals surface area contributed by atoms with Crippen LogP contribution in [0.3, 0.4) is 0 Å². The molecule has 2 aromatic carbocycles. The highest BCUT2D eigenvalue weighted by molar-refractivity contribution is 5.82. The number of benzene rings is 2. The number of aromatic nitrogens is 1. The molecular weight excluding hydrogens is 679 g/mol. The van der Waals surface area contributed by atoms with Crippen LogP contribution in [0.2, 0.25) is 0 Å². The maximum atomic E-state index is 13.9. The van der Waals surface area contributed by atoms with Crippen LogP contribution in [0, 0.1) is 5.92 Å². The Labute approximate surface area is 299 Å². The molecule has 2 aliphatic heterocycles. The van der Waals surface area contributed by atoms with E-state index >= 15 is 0 Å². The first-order valence-electron chi connectivity index (χ1n) is 17.2. The Morgan fingerprint density at radius 2 is 1.73 bits per heavy atom. The van der Waals surface area contributed by atoms with Gasteiger partial charge in [0.1, 0.15) is 42.6 Å². The van der Waals surface area contributed by atoms with Crippen LogP contribution in [0.15, 0.2) is 95.7 Å². The molecule has 2 aliphatic rings. The zero-order chi connectivity index (χ0) is 36.7. The molecule has 2 aromatic heterocycles. The molecule has 52 heavy (non-hydrogen) atoms. The average Bonchev–Trinajstić information content (AvgIpc) is 3.61. The molecule has 11 nitrogen and oxygen atoms in total. The Balaban J connectivity index is 1.15. The summed E-state index contributed by atoms with van der Waals surface area (Å²) in [6, 6.07) is 22.2. The maximum Gasteiger partial charge on any atom is 0.405 e. The van der Waals surface area contributed by atoms with Crippen molar-refractivity contribution in [3.8, 4) is 17.1 Å². The maximum absolute atomic E-state index is 13.9. The number of alkyl halides is 3. The Bertz CT molecular complexity index is 1780. The zero-order valence-corrected chi connectivity index (χ0v) is 28.4. The highest BCUT2D eigenvalue weighted by Crippen LogP contribution is 2.33. The fourth-order valence-corrected chi connectivity index (χ4v) is 6.79. The van der Waals surface area contributed by atoms with E-state index in [-0.39, 0.29) is 39.1 Å². The number of para-hydroxylation sites is 1. The van der Waals surface area contributed by atoms with Gasteiger partial charge in [-0.05, 0) is 48.7 Å². The molecule has 0 bridgehead atoms. The fourth-order valence-electron chi connectivity index (χ4n) is 6.79. The predicted octanol–water partition coefficient (Wildman–Crippen LogP) is 3.73. The van der Waals surface area contributed by atoms with Crippen molar-refractivity contribution in [2.24, 2.45) is 5.92 Å². The summed E-state index contributed by atoms with van der Waals surface area (Å²) in [5, 5.41) is 27.2. The van der Waals surface area contributed by atoms with Gasteiger partial charge in [0.2, 0.25) is 11.8 Å². The van der Waals surface area contributed by atoms with Crippen LogP contribution in [0.25, 0.3) is 11.3 Å². The van der Waals surface area contributed by atoms with Gasteiger partial charge in [0, 0.05) is 55.6 Å². The summed E-state index contributed by atoms with van der Waals surface area (Å²) < 4.78 is 51.0. The molecule has 0 spiro atoms. The van der Waals surface area contributed by atoms with E-state index in [1.165, 1.54) is 0 Å². The molecule has 6 rings (SSSR count). The first kappa shape index (κ1) is 37.0. The molecule has 276 valence electrons. The van der Waals surface area contributed by atoms with Crippen molar-refractivity contribution >= 4 is 11.8 Å². The smallest absolute Gasteiger partial charge is 0.405 e. The lowest BCUT2D eigenvalue weighted by atomic mass is 9.91. The molecule has 0 aliphatic carbocycles. The number of fused-ring (bicyclic) bond motifs is 1. The molecule has 4 aromatic rings. The highest BCUT2D eigenvalue weighted by Gasteiger charge is 2.38. The second-order valence-electron chi connectivity index (χ2n) is 13.3. The van der Waals surface area contributed by atoms with Gasteiger partial charge in [0.05, 0.1) is 18.7 Å². The topological polar surface area (TPSA) is 140 Å². The second kappa shape index (κ2) is 16.7. The van der Waals surface area contributed by atoms with Gasteiger partial charge in [-0.25, -0.2) is 0 Å². The number of carbonyl (C=O) groups is 2. The molecule has 0 radical (unpaired) electrons. The van der Waals surface area contributed by atoms with E-state index in [4.69, 9.17) is 9.15 Å². The summed E-state index contributed by atoms with van der Waals surface area (Å²) in [5.41, 5.74) is 2.34. The molecule has 1 saturated heterocycles. The van der Waals surface area contributed by atoms with Crippen LogP contribution in [0.4, 0.5) is 13.2 Å². The minimum Gasteiger partial charge on any atom is -0.490 e. The van der Waals surface area contributed by atoms with Crippen molar-refractivity contribution in [3.05, 3.63) is 108 Å². The molecule has 1 unspecified atom stereocenters. The zero-order valence-electron chi connectivity index (χ0n) is 28.4. The Morgan fingerprint density at radius 3 is 2.50 bits per heavy atom. The number of nitrogens with zero attached hydrogens (tertiary/aromatic N) is 3. The summed E-state index contributed by atoms with van der Waals surface area (Å²) in [6.45, 7) is -0.371. The fraction of sp³-hybridized carbons (Fsp3) is 0.395. The van der Waals surface area contributed by atoms with Crippen LogP contribution in [-0.4, -0.2) is 101 Å². The monoisotopic (exact) mass is 721 g/mol. The number of furan rings is 1. The third-order valence-corrected chi connectivity index (χ3v) is 9.39. The summed E-state index contributed by atoms with van der Waals surface area (Å²) >= 11 is 0. The SMILES string of the molecule is O=C(NC1c2ccccc2OC[C@H]1O)[C@@H](Cc1ccncc1)C[C@H](O)CN1CCN(Cc2ccc(-c3ccccc3)o2)C[C@H]1C(=O)NCC(F)(F)F. The van der Waals surface area contributed by atoms with Crippen LogP contribution in [0.1, 0.15) is 29.3 Å². The van der Waals surface area contributed by atoms with E-state index < -0.39 is 54.7 Å². The van der Waals surface area contributed by atoms with Gasteiger partial charge in [-0.3, -0.25) is 24.4 Å². The number of ether oxygens (including phenoxy) is 1. The number of hydrogen-bond donors (Lipinski definition) is 4. The summed E-state index contributed by atoms with van der Waals surface area (Å²) in [4.78, 5) is 34.8. The van der Waals surface area contributed by atoms with E-state index in [0.717, 1.165) is 11.1 Å². The number of amides is 2. The number of aliphatic hydroxyl groups excluding tert-OH is 2. The highest BCUT2D eigenvalue weighted by atomic mass is 19.4. The Hall–Kier alpha value is -4.76. The van der Waals surface area contributed by atoms with E-state index in [1.54, 1.807) is 53.7 Å². The Morgan fingerprint density at radius 1 is 0.981 bits per heavy atom. The number of β-amino-alcohol motifs (C(OH)–C–C–N with tert-alkyl or cyclic N) is 1. The van der Waals surface area contributed by atoms with E-state index in [2.05, 4.69) is 10.3 Å². The van der Waals surface area contributed by atoms with Crippen molar-refractivity contribution in [1.29, 1.82) is 0 Å². The summed E-state index contributed by atoms with van der Waals surface area (Å²) in [7, 11) is 0. The van der Waals surface area contributed by atoms with Gasteiger partial charge < -0.3 is 30.0 Å². The van der Waals surface area contributed by atoms with Crippen LogP contribution < -0.4 is 15.4 Å². The minimum atomic E-state index is -4.59. The van der Waals surface area contributed by atoms with Crippen LogP contribution in [-0.2, 0) is 22.6 Å². The standard InChI is InChI=1S/C38H42F3N5O6/c39-38(40,41)24-43-37(50)31-22-45(21-29-10-11-33(52-29)26-6-2-1-3-7-26)16-17-46(31)20-28(47)19-27(18-25-12-14-42-15-13-25)36(49)44-35-30-8-4-5-9-34(30)51-23-32(35)48/h1-15,27-28,31-32,35,47-48H,16-24H2,(H,43,50)(H,44,49)/t27-,28-,31-,32+,35?/m0/s1. The number of nitrogens with one attached hydrogen (secondary N) is 2. The lowest BCUT2D eigenvalue weighted by molar-refractivity contribution is -0.143. The van der Waals surface area contributed by atoms with Crippen molar-refractivity contribution < 1.29 is 42.1 Å². The van der Waals surface area contributed by atoms with Crippen LogP contribution in [0.5, 0.6) is 5.75 Å². The number of rotatable bonds is 13. The number of halogens is 3. The lowest BCUT2D eigenvalue weighted by Crippen LogP contribution is -2.60. The average molecular weight is 722 g/mol. The predicted molar refractivity (Wildman–Crippen MR) is 185 cm³/mol. The molecule has 1 fully saturated rings. The molecule has 5 atom stereocenters. The van der Waals surface area contributed by atoms with E-state index in [1.807, 2.05) is 52.7 Å². The third kappa shape index (κ3) is 9.76. The molecule has 14 heteroatoms. The number of pyridine rings is 1. The quantitative estimate of drug-likeness (QED) is 0.163. The summed E-state index contributed by atoms with van der Waals surface area (Å²) in [5.74, 6) is -0.0782. The molecular formula is C38H42F3N5O6. The normalized spacial score (nSPS) is 20.7. The summed E-state index contributed by atoms with van der Waals surface area (Å²) in [6.07, 6.45) is -3.26. The van der Waals surface area contributed by atoms with Crippen molar-refractivity contribution in [1.82, 2.24) is 25.4 Å². The van der Waals surface area contributed by atoms with Gasteiger partial charge in [-0.2, -0.15) is 13.2 Å².